The Morgan fingerprint density at radius 2 is 2.21 bits per heavy atom. The number of hydrogen-bond donors (Lipinski definition) is 1. The summed E-state index contributed by atoms with van der Waals surface area (Å²) in [7, 11) is 0. The lowest BCUT2D eigenvalue weighted by Crippen LogP contribution is -2.51. The summed E-state index contributed by atoms with van der Waals surface area (Å²) in [6, 6.07) is 0.419. The highest BCUT2D eigenvalue weighted by molar-refractivity contribution is 5.92. The van der Waals surface area contributed by atoms with E-state index in [9.17, 15) is 4.79 Å². The van der Waals surface area contributed by atoms with Crippen LogP contribution in [0.4, 0.5) is 0 Å². The Morgan fingerprint density at radius 1 is 1.57 bits per heavy atom. The number of allylic oxidation sites excluding steroid dienone is 1. The number of amides is 1. The van der Waals surface area contributed by atoms with Gasteiger partial charge in [-0.15, -0.1) is 12.4 Å². The minimum atomic E-state index is 0. The number of piperazine rings is 1. The molecule has 1 atom stereocenters. The van der Waals surface area contributed by atoms with Gasteiger partial charge in [-0.1, -0.05) is 6.08 Å². The van der Waals surface area contributed by atoms with Gasteiger partial charge in [0, 0.05) is 31.2 Å². The number of hydrogen-bond acceptors (Lipinski definition) is 2. The summed E-state index contributed by atoms with van der Waals surface area (Å²) < 4.78 is 0. The molecule has 82 valence electrons. The summed E-state index contributed by atoms with van der Waals surface area (Å²) >= 11 is 0. The first kappa shape index (κ1) is 13.5. The third-order valence-electron chi connectivity index (χ3n) is 2.43. The molecule has 1 fully saturated rings. The molecule has 0 saturated carbocycles. The van der Waals surface area contributed by atoms with Crippen molar-refractivity contribution in [1.29, 1.82) is 0 Å². The molecular weight excluding hydrogens is 200 g/mol. The van der Waals surface area contributed by atoms with E-state index in [-0.39, 0.29) is 18.3 Å². The largest absolute Gasteiger partial charge is 0.336 e. The first-order valence-corrected chi connectivity index (χ1v) is 4.80. The Labute approximate surface area is 92.0 Å². The Balaban J connectivity index is 0.00000169. The van der Waals surface area contributed by atoms with E-state index in [0.29, 0.717) is 6.04 Å². The van der Waals surface area contributed by atoms with Crippen molar-refractivity contribution < 1.29 is 4.79 Å². The van der Waals surface area contributed by atoms with Gasteiger partial charge >= 0.3 is 0 Å². The second-order valence-corrected chi connectivity index (χ2v) is 3.58. The number of rotatable bonds is 1. The van der Waals surface area contributed by atoms with Crippen LogP contribution in [0.15, 0.2) is 11.6 Å². The third-order valence-corrected chi connectivity index (χ3v) is 2.43. The maximum absolute atomic E-state index is 11.7. The van der Waals surface area contributed by atoms with E-state index in [4.69, 9.17) is 0 Å². The van der Waals surface area contributed by atoms with Crippen molar-refractivity contribution in [2.45, 2.75) is 26.8 Å². The molecule has 0 aromatic carbocycles. The summed E-state index contributed by atoms with van der Waals surface area (Å²) in [6.07, 6.45) is 1.87. The van der Waals surface area contributed by atoms with Gasteiger partial charge in [0.1, 0.15) is 0 Å². The fourth-order valence-corrected chi connectivity index (χ4v) is 1.49. The van der Waals surface area contributed by atoms with Crippen LogP contribution < -0.4 is 5.32 Å². The Morgan fingerprint density at radius 3 is 2.71 bits per heavy atom. The highest BCUT2D eigenvalue weighted by Gasteiger charge is 2.20. The second kappa shape index (κ2) is 6.04. The lowest BCUT2D eigenvalue weighted by molar-refractivity contribution is -0.128. The molecule has 1 aliphatic rings. The molecule has 0 aromatic heterocycles. The molecule has 1 saturated heterocycles. The Hall–Kier alpha value is -0.540. The zero-order chi connectivity index (χ0) is 9.84. The van der Waals surface area contributed by atoms with Gasteiger partial charge in [0.2, 0.25) is 5.91 Å². The van der Waals surface area contributed by atoms with E-state index >= 15 is 0 Å². The quantitative estimate of drug-likeness (QED) is 0.671. The SMILES string of the molecule is C/C=C(/C)C(=O)N1CCNC(C)C1.Cl. The molecule has 0 spiro atoms. The molecule has 1 N–H and O–H groups in total. The van der Waals surface area contributed by atoms with Gasteiger partial charge in [0.25, 0.3) is 0 Å². The lowest BCUT2D eigenvalue weighted by Gasteiger charge is -2.32. The van der Waals surface area contributed by atoms with Crippen molar-refractivity contribution in [3.05, 3.63) is 11.6 Å². The average molecular weight is 219 g/mol. The van der Waals surface area contributed by atoms with Crippen molar-refractivity contribution in [3.8, 4) is 0 Å². The molecule has 1 amide bonds. The topological polar surface area (TPSA) is 32.3 Å². The van der Waals surface area contributed by atoms with Crippen LogP contribution in [0.1, 0.15) is 20.8 Å². The standard InChI is InChI=1S/C10H18N2O.ClH/c1-4-8(2)10(13)12-6-5-11-9(3)7-12;/h4,9,11H,5-7H2,1-3H3;1H/b8-4-;. The molecule has 1 unspecified atom stereocenters. The van der Waals surface area contributed by atoms with Gasteiger partial charge in [0.05, 0.1) is 0 Å². The van der Waals surface area contributed by atoms with Crippen molar-refractivity contribution in [2.24, 2.45) is 0 Å². The molecule has 1 aliphatic heterocycles. The van der Waals surface area contributed by atoms with Gasteiger partial charge in [-0.25, -0.2) is 0 Å². The van der Waals surface area contributed by atoms with Gasteiger partial charge in [-0.05, 0) is 20.8 Å². The summed E-state index contributed by atoms with van der Waals surface area (Å²) in [5.41, 5.74) is 0.842. The van der Waals surface area contributed by atoms with E-state index in [0.717, 1.165) is 25.2 Å². The number of nitrogens with one attached hydrogen (secondary N) is 1. The molecule has 1 rings (SSSR count). The van der Waals surface area contributed by atoms with E-state index in [2.05, 4.69) is 12.2 Å². The van der Waals surface area contributed by atoms with E-state index in [1.807, 2.05) is 24.8 Å². The summed E-state index contributed by atoms with van der Waals surface area (Å²) in [5.74, 6) is 0.177. The fraction of sp³-hybridized carbons (Fsp3) is 0.700. The molecule has 4 heteroatoms. The monoisotopic (exact) mass is 218 g/mol. The first-order chi connectivity index (χ1) is 6.15. The normalized spacial score (nSPS) is 22.9. The zero-order valence-electron chi connectivity index (χ0n) is 9.04. The smallest absolute Gasteiger partial charge is 0.249 e. The molecule has 3 nitrogen and oxygen atoms in total. The summed E-state index contributed by atoms with van der Waals surface area (Å²) in [4.78, 5) is 13.6. The molecule has 0 aliphatic carbocycles. The van der Waals surface area contributed by atoms with Gasteiger partial charge in [0.15, 0.2) is 0 Å². The van der Waals surface area contributed by atoms with E-state index in [1.165, 1.54) is 0 Å². The molecule has 0 radical (unpaired) electrons. The highest BCUT2D eigenvalue weighted by Crippen LogP contribution is 2.04. The van der Waals surface area contributed by atoms with Crippen LogP contribution in [0, 0.1) is 0 Å². The number of halogens is 1. The number of nitrogens with zero attached hydrogens (tertiary/aromatic N) is 1. The molecular formula is C10H19ClN2O. The molecule has 0 aromatic rings. The Kier molecular flexibility index (Phi) is 5.81. The van der Waals surface area contributed by atoms with Gasteiger partial charge in [-0.2, -0.15) is 0 Å². The van der Waals surface area contributed by atoms with Gasteiger partial charge in [-0.3, -0.25) is 4.79 Å². The summed E-state index contributed by atoms with van der Waals surface area (Å²) in [5, 5.41) is 3.31. The van der Waals surface area contributed by atoms with Gasteiger partial charge < -0.3 is 10.2 Å². The van der Waals surface area contributed by atoms with Crippen molar-refractivity contribution in [1.82, 2.24) is 10.2 Å². The van der Waals surface area contributed by atoms with Crippen LogP contribution in [-0.2, 0) is 4.79 Å². The van der Waals surface area contributed by atoms with Crippen molar-refractivity contribution in [3.63, 3.8) is 0 Å². The maximum atomic E-state index is 11.7. The van der Waals surface area contributed by atoms with Crippen LogP contribution in [0.3, 0.4) is 0 Å². The predicted molar refractivity (Wildman–Crippen MR) is 60.7 cm³/mol. The maximum Gasteiger partial charge on any atom is 0.249 e. The van der Waals surface area contributed by atoms with Crippen LogP contribution in [0.25, 0.3) is 0 Å². The number of carbonyl (C=O) groups excluding carboxylic acids is 1. The van der Waals surface area contributed by atoms with Crippen LogP contribution in [-0.4, -0.2) is 36.5 Å². The molecule has 14 heavy (non-hydrogen) atoms. The minimum absolute atomic E-state index is 0. The van der Waals surface area contributed by atoms with Crippen molar-refractivity contribution in [2.75, 3.05) is 19.6 Å². The van der Waals surface area contributed by atoms with Crippen LogP contribution in [0.2, 0.25) is 0 Å². The minimum Gasteiger partial charge on any atom is -0.336 e. The van der Waals surface area contributed by atoms with E-state index < -0.39 is 0 Å². The summed E-state index contributed by atoms with van der Waals surface area (Å²) in [6.45, 7) is 8.43. The molecule has 1 heterocycles. The lowest BCUT2D eigenvalue weighted by atomic mass is 10.2. The predicted octanol–water partition coefficient (Wildman–Crippen LogP) is 1.19. The van der Waals surface area contributed by atoms with Crippen LogP contribution >= 0.6 is 12.4 Å². The van der Waals surface area contributed by atoms with Crippen molar-refractivity contribution >= 4 is 18.3 Å². The second-order valence-electron chi connectivity index (χ2n) is 3.58. The highest BCUT2D eigenvalue weighted by atomic mass is 35.5. The average Bonchev–Trinajstić information content (AvgIpc) is 2.15. The molecule has 0 bridgehead atoms. The number of carbonyl (C=O) groups is 1. The third kappa shape index (κ3) is 3.31. The zero-order valence-corrected chi connectivity index (χ0v) is 9.86. The Bertz CT molecular complexity index is 228. The first-order valence-electron chi connectivity index (χ1n) is 4.80. The van der Waals surface area contributed by atoms with E-state index in [1.54, 1.807) is 0 Å². The fourth-order valence-electron chi connectivity index (χ4n) is 1.49. The van der Waals surface area contributed by atoms with Crippen LogP contribution in [0.5, 0.6) is 0 Å².